The number of nitrogens with zero attached hydrogens (tertiary/aromatic N) is 2. The van der Waals surface area contributed by atoms with E-state index in [0.717, 1.165) is 19.0 Å². The van der Waals surface area contributed by atoms with Gasteiger partial charge < -0.3 is 20.9 Å². The first-order valence-electron chi connectivity index (χ1n) is 5.51. The predicted molar refractivity (Wildman–Crippen MR) is 62.3 cm³/mol. The molecule has 0 aromatic carbocycles. The van der Waals surface area contributed by atoms with Crippen molar-refractivity contribution in [1.29, 1.82) is 5.39 Å². The number of hydrogen-bond acceptors (Lipinski definition) is 6. The van der Waals surface area contributed by atoms with Gasteiger partial charge in [-0.1, -0.05) is 0 Å². The summed E-state index contributed by atoms with van der Waals surface area (Å²) < 4.78 is 4.76. The Hall–Kier alpha value is -1.81. The number of nitrogens with one attached hydrogen (secondary N) is 1. The number of ether oxygens (including phenoxy) is 1. The molecular weight excluding hydrogens is 224 g/mol. The zero-order chi connectivity index (χ0) is 13.1. The molecule has 0 saturated carbocycles. The minimum atomic E-state index is -0.591. The van der Waals surface area contributed by atoms with Crippen LogP contribution in [-0.4, -0.2) is 30.3 Å². The summed E-state index contributed by atoms with van der Waals surface area (Å²) in [6.07, 6.45) is 2.90. The van der Waals surface area contributed by atoms with Gasteiger partial charge in [-0.05, 0) is 26.2 Å². The van der Waals surface area contributed by atoms with Gasteiger partial charge >= 0.3 is 12.2 Å². The normalized spacial score (nSPS) is 12.6. The van der Waals surface area contributed by atoms with Crippen molar-refractivity contribution in [3.05, 3.63) is 17.1 Å². The molecule has 96 valence electrons. The Morgan fingerprint density at radius 1 is 1.65 bits per heavy atom. The molecule has 0 radical (unpaired) electrons. The molecule has 7 heteroatoms. The average molecular weight is 243 g/mol. The van der Waals surface area contributed by atoms with Gasteiger partial charge in [0.2, 0.25) is 5.39 Å². The molecule has 0 fully saturated rings. The second kappa shape index (κ2) is 9.42. The number of esters is 1. The van der Waals surface area contributed by atoms with Crippen molar-refractivity contribution in [3.8, 4) is 0 Å². The molecule has 17 heavy (non-hydrogen) atoms. The van der Waals surface area contributed by atoms with E-state index in [1.165, 1.54) is 0 Å². The van der Waals surface area contributed by atoms with Gasteiger partial charge in [0.15, 0.2) is 4.98 Å². The molecule has 0 amide bonds. The molecule has 7 nitrogen and oxygen atoms in total. The fraction of sp³-hybridized carbons (Fsp3) is 0.700. The number of carbonyl (C=O) groups is 1. The molecule has 0 heterocycles. The van der Waals surface area contributed by atoms with Gasteiger partial charge in [0, 0.05) is 6.54 Å². The summed E-state index contributed by atoms with van der Waals surface area (Å²) in [7, 11) is 0. The number of nitrogens with two attached hydrogens (primary N) is 1. The van der Waals surface area contributed by atoms with Crippen LogP contribution in [0.1, 0.15) is 26.2 Å². The van der Waals surface area contributed by atoms with E-state index in [9.17, 15) is 4.79 Å². The van der Waals surface area contributed by atoms with Crippen LogP contribution in [0.5, 0.6) is 0 Å². The maximum absolute atomic E-state index is 11.1. The highest BCUT2D eigenvalue weighted by Crippen LogP contribution is 2.00. The largest absolute Gasteiger partial charge is 0.490 e. The first-order chi connectivity index (χ1) is 8.11. The fourth-order valence-electron chi connectivity index (χ4n) is 1.17. The molecule has 1 unspecified atom stereocenters. The van der Waals surface area contributed by atoms with E-state index in [0.29, 0.717) is 19.6 Å². The molecule has 0 aliphatic heterocycles. The fourth-order valence-corrected chi connectivity index (χ4v) is 1.17. The monoisotopic (exact) mass is 243 g/mol. The molecule has 0 aliphatic carbocycles. The first-order valence-corrected chi connectivity index (χ1v) is 5.51. The van der Waals surface area contributed by atoms with Gasteiger partial charge in [0.05, 0.1) is 6.61 Å². The first kappa shape index (κ1) is 15.2. The predicted octanol–water partition coefficient (Wildman–Crippen LogP) is 0.847. The second-order valence-corrected chi connectivity index (χ2v) is 3.41. The highest BCUT2D eigenvalue weighted by molar-refractivity contribution is 5.75. The number of unbranched alkanes of at least 4 members (excludes halogenated alkanes) is 1. The number of diazo groups is 1. The lowest BCUT2D eigenvalue weighted by atomic mass is 10.1. The Balaban J connectivity index is 3.55. The van der Waals surface area contributed by atoms with Crippen LogP contribution < -0.4 is 11.1 Å². The lowest BCUT2D eigenvalue weighted by Gasteiger charge is -2.10. The molecule has 4 N–H and O–H groups in total. The van der Waals surface area contributed by atoms with Gasteiger partial charge in [-0.15, -0.1) is 0 Å². The van der Waals surface area contributed by atoms with Crippen LogP contribution in [0.3, 0.4) is 0 Å². The van der Waals surface area contributed by atoms with Crippen LogP contribution in [0.15, 0.2) is 12.1 Å². The minimum Gasteiger partial charge on any atom is -0.490 e. The zero-order valence-electron chi connectivity index (χ0n) is 9.93. The van der Waals surface area contributed by atoms with Crippen molar-refractivity contribution in [3.63, 3.8) is 0 Å². The van der Waals surface area contributed by atoms with Crippen molar-refractivity contribution in [2.75, 3.05) is 13.2 Å². The van der Waals surface area contributed by atoms with E-state index >= 15 is 0 Å². The molecule has 0 saturated heterocycles. The average Bonchev–Trinajstić information content (AvgIpc) is 2.29. The molecule has 0 rings (SSSR count). The van der Waals surface area contributed by atoms with Crippen LogP contribution in [-0.2, 0) is 9.53 Å². The summed E-state index contributed by atoms with van der Waals surface area (Å²) in [5.74, 6) is -0.593. The molecule has 0 bridgehead atoms. The number of aliphatic hydroxyl groups is 1. The molecule has 0 aromatic heterocycles. The Kier molecular flexibility index (Phi) is 8.42. The maximum atomic E-state index is 11.1. The number of carbonyl (C=O) groups excluding carboxylic acids is 1. The Labute approximate surface area is 100 Å². The van der Waals surface area contributed by atoms with Crippen LogP contribution in [0.4, 0.5) is 0 Å². The van der Waals surface area contributed by atoms with Crippen molar-refractivity contribution in [2.45, 2.75) is 32.2 Å². The Bertz CT molecular complexity index is 298. The summed E-state index contributed by atoms with van der Waals surface area (Å²) >= 11 is 0. The number of rotatable bonds is 8. The third kappa shape index (κ3) is 8.04. The molecular formula is C10H19N4O3+. The highest BCUT2D eigenvalue weighted by Gasteiger charge is 2.13. The summed E-state index contributed by atoms with van der Waals surface area (Å²) in [5.41, 5.74) is 5.59. The molecule has 0 aromatic rings. The number of aliphatic hydroxyl groups excluding tert-OH is 1. The summed E-state index contributed by atoms with van der Waals surface area (Å²) in [6, 6.07) is -0.591. The second-order valence-electron chi connectivity index (χ2n) is 3.41. The SMILES string of the molecule is CCOC(=O)C(N)CCCCN/C(O)=C/[N+]#N. The minimum absolute atomic E-state index is 0.206. The van der Waals surface area contributed by atoms with E-state index in [1.54, 1.807) is 6.92 Å². The van der Waals surface area contributed by atoms with E-state index < -0.39 is 6.04 Å². The Morgan fingerprint density at radius 2 is 2.35 bits per heavy atom. The summed E-state index contributed by atoms with van der Waals surface area (Å²) in [4.78, 5) is 13.8. The van der Waals surface area contributed by atoms with E-state index in [-0.39, 0.29) is 11.9 Å². The van der Waals surface area contributed by atoms with Crippen LogP contribution in [0.2, 0.25) is 0 Å². The van der Waals surface area contributed by atoms with Crippen LogP contribution in [0.25, 0.3) is 4.98 Å². The zero-order valence-corrected chi connectivity index (χ0v) is 9.93. The van der Waals surface area contributed by atoms with E-state index in [2.05, 4.69) is 10.3 Å². The third-order valence-corrected chi connectivity index (χ3v) is 2.02. The van der Waals surface area contributed by atoms with E-state index in [1.807, 2.05) is 0 Å². The van der Waals surface area contributed by atoms with Gasteiger partial charge in [0.1, 0.15) is 6.04 Å². The third-order valence-electron chi connectivity index (χ3n) is 2.02. The smallest absolute Gasteiger partial charge is 0.409 e. The summed E-state index contributed by atoms with van der Waals surface area (Å²) in [5, 5.41) is 19.7. The topological polar surface area (TPSA) is 113 Å². The standard InChI is InChI=1S/C10H18N4O3/c1-2-17-10(16)8(11)5-3-4-6-13-9(15)7-14-12/h7-8,13H,2-6,11H2,1H3/p+1/b9-7-. The summed E-state index contributed by atoms with van der Waals surface area (Å²) in [6.45, 7) is 2.57. The lowest BCUT2D eigenvalue weighted by molar-refractivity contribution is -0.144. The van der Waals surface area contributed by atoms with E-state index in [4.69, 9.17) is 21.0 Å². The lowest BCUT2D eigenvalue weighted by Crippen LogP contribution is -2.32. The maximum Gasteiger partial charge on any atom is 0.409 e. The Morgan fingerprint density at radius 3 is 2.94 bits per heavy atom. The van der Waals surface area contributed by atoms with Gasteiger partial charge in [0.25, 0.3) is 5.88 Å². The van der Waals surface area contributed by atoms with Crippen molar-refractivity contribution < 1.29 is 14.6 Å². The molecule has 1 atom stereocenters. The highest BCUT2D eigenvalue weighted by atomic mass is 16.5. The van der Waals surface area contributed by atoms with Crippen LogP contribution in [0, 0.1) is 5.39 Å². The van der Waals surface area contributed by atoms with Crippen LogP contribution >= 0.6 is 0 Å². The van der Waals surface area contributed by atoms with Crippen molar-refractivity contribution >= 4 is 5.97 Å². The van der Waals surface area contributed by atoms with Gasteiger partial charge in [-0.25, -0.2) is 0 Å². The molecule has 0 spiro atoms. The number of hydrogen-bond donors (Lipinski definition) is 3. The van der Waals surface area contributed by atoms with Gasteiger partial charge in [-0.3, -0.25) is 4.79 Å². The van der Waals surface area contributed by atoms with Crippen molar-refractivity contribution in [2.24, 2.45) is 5.73 Å². The van der Waals surface area contributed by atoms with Gasteiger partial charge in [-0.2, -0.15) is 0 Å². The molecule has 0 aliphatic rings. The quantitative estimate of drug-likeness (QED) is 0.252. The van der Waals surface area contributed by atoms with Crippen molar-refractivity contribution in [1.82, 2.24) is 5.32 Å².